The molecule has 0 unspecified atom stereocenters. The minimum atomic E-state index is -1.16. The van der Waals surface area contributed by atoms with Gasteiger partial charge in [0.25, 0.3) is 0 Å². The molecule has 10 heteroatoms. The molecule has 4 aliphatic rings. The van der Waals surface area contributed by atoms with E-state index in [9.17, 15) is 24.3 Å². The number of phenolic OH excluding ortho intramolecular Hbond substituents is 1. The van der Waals surface area contributed by atoms with E-state index in [1.165, 1.54) is 28.2 Å². The van der Waals surface area contributed by atoms with Crippen molar-refractivity contribution in [2.45, 2.75) is 32.2 Å². The Hall–Kier alpha value is -3.51. The van der Waals surface area contributed by atoms with E-state index in [-0.39, 0.29) is 41.7 Å². The molecule has 0 radical (unpaired) electrons. The van der Waals surface area contributed by atoms with Crippen molar-refractivity contribution in [1.82, 2.24) is 4.90 Å². The Kier molecular flexibility index (Phi) is 6.77. The highest BCUT2D eigenvalue weighted by Gasteiger charge is 2.67. The van der Waals surface area contributed by atoms with Crippen molar-refractivity contribution in [2.24, 2.45) is 29.1 Å². The summed E-state index contributed by atoms with van der Waals surface area (Å²) in [5, 5.41) is 12.6. The first kappa shape index (κ1) is 28.3. The number of para-hydroxylation sites is 1. The minimum absolute atomic E-state index is 0.000812. The fourth-order valence-corrected chi connectivity index (χ4v) is 9.23. The summed E-state index contributed by atoms with van der Waals surface area (Å²) in [5.74, 6) is -3.49. The predicted octanol–water partition coefficient (Wildman–Crippen LogP) is 5.50. The molecular formula is C33H29IN2O6S. The van der Waals surface area contributed by atoms with Gasteiger partial charge in [0, 0.05) is 10.8 Å². The summed E-state index contributed by atoms with van der Waals surface area (Å²) in [6.07, 6.45) is 2.72. The number of anilines is 1. The number of ether oxygens (including phenoxy) is 1. The molecule has 2 aliphatic carbocycles. The van der Waals surface area contributed by atoms with Crippen molar-refractivity contribution in [3.05, 3.63) is 85.6 Å². The summed E-state index contributed by atoms with van der Waals surface area (Å²) in [6.45, 7) is 2.09. The largest absolute Gasteiger partial charge is 0.504 e. The Morgan fingerprint density at radius 2 is 1.79 bits per heavy atom. The Morgan fingerprint density at radius 1 is 1.02 bits per heavy atom. The van der Waals surface area contributed by atoms with Crippen LogP contribution in [0.5, 0.6) is 11.5 Å². The molecule has 3 fully saturated rings. The number of rotatable bonds is 5. The lowest BCUT2D eigenvalue weighted by Crippen LogP contribution is -2.48. The van der Waals surface area contributed by atoms with Gasteiger partial charge in [0.2, 0.25) is 23.6 Å². The van der Waals surface area contributed by atoms with Crippen LogP contribution in [0.3, 0.4) is 0 Å². The molecule has 1 N–H and O–H groups in total. The number of imide groups is 2. The molecular weight excluding hydrogens is 679 g/mol. The molecule has 0 bridgehead atoms. The molecule has 43 heavy (non-hydrogen) atoms. The number of methoxy groups -OCH3 is 1. The Balaban J connectivity index is 1.37. The summed E-state index contributed by atoms with van der Waals surface area (Å²) in [5.41, 5.74) is 0.979. The van der Waals surface area contributed by atoms with E-state index in [4.69, 9.17) is 4.74 Å². The van der Waals surface area contributed by atoms with Gasteiger partial charge in [-0.2, -0.15) is 0 Å². The molecule has 7 rings (SSSR count). The standard InChI is InChI=1S/C33H29IN2O6S/c1-33-23(30(39)36(32(33)41)18-7-4-3-5-8-18)15-22-20(27(33)17-13-24(34)28(37)25(14-17)42-2)10-11-21-26(22)31(40)35(29(21)38)16-19-9-6-12-43-19/h3-10,12-14,21-23,26-27,37H,11,15-16H2,1-2H3/t21-,22+,23-,26-,27-,33+/m0/s1. The predicted molar refractivity (Wildman–Crippen MR) is 168 cm³/mol. The first-order chi connectivity index (χ1) is 20.7. The van der Waals surface area contributed by atoms with Crippen LogP contribution in [0.15, 0.2) is 71.6 Å². The molecule has 4 amide bonds. The van der Waals surface area contributed by atoms with Crippen molar-refractivity contribution in [3.63, 3.8) is 0 Å². The third-order valence-electron chi connectivity index (χ3n) is 9.88. The zero-order chi connectivity index (χ0) is 30.2. The molecule has 1 saturated carbocycles. The smallest absolute Gasteiger partial charge is 0.241 e. The zero-order valence-corrected chi connectivity index (χ0v) is 26.5. The van der Waals surface area contributed by atoms with Gasteiger partial charge in [-0.05, 0) is 89.5 Å². The second kappa shape index (κ2) is 10.3. The van der Waals surface area contributed by atoms with Crippen molar-refractivity contribution in [3.8, 4) is 11.5 Å². The molecule has 1 aromatic heterocycles. The Morgan fingerprint density at radius 3 is 2.49 bits per heavy atom. The maximum Gasteiger partial charge on any atom is 0.241 e. The first-order valence-corrected chi connectivity index (χ1v) is 16.2. The average Bonchev–Trinajstić information content (AvgIpc) is 3.66. The maximum atomic E-state index is 14.5. The number of amides is 4. The van der Waals surface area contributed by atoms with Gasteiger partial charge in [-0.15, -0.1) is 11.3 Å². The molecule has 3 aromatic rings. The van der Waals surface area contributed by atoms with Crippen LogP contribution in [0.25, 0.3) is 0 Å². The van der Waals surface area contributed by atoms with E-state index in [2.05, 4.69) is 0 Å². The van der Waals surface area contributed by atoms with Gasteiger partial charge in [0.05, 0.1) is 46.1 Å². The zero-order valence-electron chi connectivity index (χ0n) is 23.5. The molecule has 8 nitrogen and oxygen atoms in total. The SMILES string of the molecule is COc1cc([C@H]2C3=CC[C@@H]4C(=O)N(Cc5cccs5)C(=O)[C@@H]4[C@@H]3C[C@H]3C(=O)N(c4ccccc4)C(=O)[C@@]23C)cc(I)c1O. The number of aromatic hydroxyl groups is 1. The summed E-state index contributed by atoms with van der Waals surface area (Å²) in [6, 6.07) is 16.3. The number of likely N-dealkylation sites (tertiary alicyclic amines) is 1. The molecule has 2 aliphatic heterocycles. The molecule has 220 valence electrons. The third-order valence-corrected chi connectivity index (χ3v) is 11.6. The van der Waals surface area contributed by atoms with Crippen LogP contribution in [0.2, 0.25) is 0 Å². The highest BCUT2D eigenvalue weighted by atomic mass is 127. The van der Waals surface area contributed by atoms with Crippen LogP contribution >= 0.6 is 33.9 Å². The van der Waals surface area contributed by atoms with Crippen molar-refractivity contribution >= 4 is 63.2 Å². The van der Waals surface area contributed by atoms with Crippen molar-refractivity contribution in [2.75, 3.05) is 12.0 Å². The fourth-order valence-electron chi connectivity index (χ4n) is 7.91. The second-order valence-corrected chi connectivity index (χ2v) is 14.1. The highest BCUT2D eigenvalue weighted by Crippen LogP contribution is 2.64. The van der Waals surface area contributed by atoms with E-state index in [1.807, 2.05) is 65.2 Å². The van der Waals surface area contributed by atoms with Crippen molar-refractivity contribution in [1.29, 1.82) is 0 Å². The van der Waals surface area contributed by atoms with Crippen molar-refractivity contribution < 1.29 is 29.0 Å². The van der Waals surface area contributed by atoms with Crippen LogP contribution in [-0.4, -0.2) is 40.7 Å². The summed E-state index contributed by atoms with van der Waals surface area (Å²) < 4.78 is 6.05. The first-order valence-electron chi connectivity index (χ1n) is 14.2. The van der Waals surface area contributed by atoms with Crippen LogP contribution in [0.1, 0.15) is 36.1 Å². The van der Waals surface area contributed by atoms with Gasteiger partial charge in [-0.25, -0.2) is 4.90 Å². The summed E-state index contributed by atoms with van der Waals surface area (Å²) in [7, 11) is 1.47. The number of carbonyl (C=O) groups is 4. The highest BCUT2D eigenvalue weighted by molar-refractivity contribution is 14.1. The normalized spacial score (nSPS) is 29.8. The topological polar surface area (TPSA) is 104 Å². The molecule has 2 saturated heterocycles. The van der Waals surface area contributed by atoms with Crippen LogP contribution in [-0.2, 0) is 25.7 Å². The van der Waals surface area contributed by atoms with Crippen LogP contribution in [0.4, 0.5) is 5.69 Å². The number of hydrogen-bond donors (Lipinski definition) is 1. The molecule has 3 heterocycles. The summed E-state index contributed by atoms with van der Waals surface area (Å²) >= 11 is 3.54. The number of phenols is 1. The third kappa shape index (κ3) is 4.05. The average molecular weight is 709 g/mol. The number of thiophene rings is 1. The number of hydrogen-bond acceptors (Lipinski definition) is 7. The van der Waals surface area contributed by atoms with E-state index in [0.717, 1.165) is 16.0 Å². The molecule has 2 aromatic carbocycles. The second-order valence-electron chi connectivity index (χ2n) is 11.9. The fraction of sp³-hybridized carbons (Fsp3) is 0.333. The Labute approximate surface area is 266 Å². The van der Waals surface area contributed by atoms with Gasteiger partial charge in [-0.3, -0.25) is 24.1 Å². The van der Waals surface area contributed by atoms with E-state index in [1.54, 1.807) is 30.3 Å². The van der Waals surface area contributed by atoms with Gasteiger partial charge < -0.3 is 9.84 Å². The van der Waals surface area contributed by atoms with Gasteiger partial charge in [0.1, 0.15) is 0 Å². The number of fused-ring (bicyclic) bond motifs is 4. The van der Waals surface area contributed by atoms with Crippen LogP contribution in [0, 0.1) is 32.7 Å². The Bertz CT molecular complexity index is 1710. The van der Waals surface area contributed by atoms with Gasteiger partial charge >= 0.3 is 0 Å². The monoisotopic (exact) mass is 708 g/mol. The number of allylic oxidation sites excluding steroid dienone is 2. The van der Waals surface area contributed by atoms with Gasteiger partial charge in [-0.1, -0.05) is 35.9 Å². The van der Waals surface area contributed by atoms with E-state index in [0.29, 0.717) is 22.1 Å². The van der Waals surface area contributed by atoms with E-state index >= 15 is 0 Å². The lowest BCUT2D eigenvalue weighted by molar-refractivity contribution is -0.141. The van der Waals surface area contributed by atoms with Crippen LogP contribution < -0.4 is 9.64 Å². The minimum Gasteiger partial charge on any atom is -0.504 e. The number of halogens is 1. The van der Waals surface area contributed by atoms with E-state index < -0.39 is 35.0 Å². The number of benzene rings is 2. The lowest BCUT2D eigenvalue weighted by Gasteiger charge is -2.49. The number of carbonyl (C=O) groups excluding carboxylic acids is 4. The summed E-state index contributed by atoms with van der Waals surface area (Å²) in [4.78, 5) is 60.0. The number of nitrogens with zero attached hydrogens (tertiary/aromatic N) is 2. The molecule has 6 atom stereocenters. The quantitative estimate of drug-likeness (QED) is 0.214. The lowest BCUT2D eigenvalue weighted by atomic mass is 9.51. The van der Waals surface area contributed by atoms with Gasteiger partial charge in [0.15, 0.2) is 11.5 Å². The molecule has 0 spiro atoms. The maximum absolute atomic E-state index is 14.5.